The fourth-order valence-corrected chi connectivity index (χ4v) is 0. The molecule has 0 heterocycles. The van der Waals surface area contributed by atoms with Crippen molar-refractivity contribution in [2.75, 3.05) is 0 Å². The van der Waals surface area contributed by atoms with E-state index in [9.17, 15) is 0 Å². The number of hydrogen-bond acceptors (Lipinski definition) is 9. The van der Waals surface area contributed by atoms with Crippen LogP contribution in [0.2, 0.25) is 0 Å². The SMILES string of the molecule is OB(O)O.OB(O)O.OB(O)O.[H-].[H-].[K+].[Na+]. The van der Waals surface area contributed by atoms with Crippen LogP contribution in [-0.4, -0.2) is 67.2 Å². The van der Waals surface area contributed by atoms with E-state index in [0.29, 0.717) is 0 Å². The monoisotopic (exact) mass is 250 g/mol. The van der Waals surface area contributed by atoms with Crippen molar-refractivity contribution in [3.8, 4) is 0 Å². The summed E-state index contributed by atoms with van der Waals surface area (Å²) in [5, 5.41) is 64.5. The molecule has 0 aliphatic carbocycles. The van der Waals surface area contributed by atoms with Crippen molar-refractivity contribution in [1.29, 1.82) is 0 Å². The molecule has 14 heavy (non-hydrogen) atoms. The minimum absolute atomic E-state index is 0. The maximum atomic E-state index is 7.17. The summed E-state index contributed by atoms with van der Waals surface area (Å²) in [6, 6.07) is 0. The van der Waals surface area contributed by atoms with Crippen molar-refractivity contribution in [3.63, 3.8) is 0 Å². The van der Waals surface area contributed by atoms with Crippen LogP contribution in [-0.2, 0) is 0 Å². The van der Waals surface area contributed by atoms with Gasteiger partial charge in [0.05, 0.1) is 0 Å². The van der Waals surface area contributed by atoms with Gasteiger partial charge in [-0.25, -0.2) is 0 Å². The molecule has 0 aliphatic heterocycles. The van der Waals surface area contributed by atoms with Crippen LogP contribution in [0.4, 0.5) is 0 Å². The van der Waals surface area contributed by atoms with Crippen LogP contribution in [0.1, 0.15) is 2.85 Å². The van der Waals surface area contributed by atoms with Crippen molar-refractivity contribution in [2.45, 2.75) is 0 Å². The Morgan fingerprint density at radius 2 is 0.500 bits per heavy atom. The van der Waals surface area contributed by atoms with E-state index in [4.69, 9.17) is 45.2 Å². The fourth-order valence-electron chi connectivity index (χ4n) is 0. The Morgan fingerprint density at radius 3 is 0.500 bits per heavy atom. The second-order valence-electron chi connectivity index (χ2n) is 1.04. The molecule has 0 aromatic carbocycles. The molecule has 76 valence electrons. The van der Waals surface area contributed by atoms with Gasteiger partial charge in [-0.05, 0) is 0 Å². The van der Waals surface area contributed by atoms with E-state index in [1.165, 1.54) is 0 Å². The van der Waals surface area contributed by atoms with Gasteiger partial charge in [-0.15, -0.1) is 0 Å². The second kappa shape index (κ2) is 24.6. The summed E-state index contributed by atoms with van der Waals surface area (Å²) < 4.78 is 0. The topological polar surface area (TPSA) is 182 Å². The van der Waals surface area contributed by atoms with Crippen molar-refractivity contribution < 1.29 is 129 Å². The largest absolute Gasteiger partial charge is 1.00 e. The van der Waals surface area contributed by atoms with E-state index in [0.717, 1.165) is 0 Å². The molecule has 0 atom stereocenters. The molecule has 9 N–H and O–H groups in total. The Labute approximate surface area is 149 Å². The Balaban J connectivity index is -0.0000000135. The molecular formula is H11B3KNaO9. The van der Waals surface area contributed by atoms with Crippen LogP contribution < -0.4 is 80.9 Å². The van der Waals surface area contributed by atoms with E-state index in [1.54, 1.807) is 0 Å². The first-order valence-corrected chi connectivity index (χ1v) is 2.32. The number of rotatable bonds is 0. The average Bonchev–Trinajstić information content (AvgIpc) is 1.54. The van der Waals surface area contributed by atoms with Gasteiger partial charge in [-0.3, -0.25) is 0 Å². The zero-order valence-corrected chi connectivity index (χ0v) is 12.9. The summed E-state index contributed by atoms with van der Waals surface area (Å²) in [5.41, 5.74) is 0. The molecule has 14 heteroatoms. The van der Waals surface area contributed by atoms with Crippen molar-refractivity contribution in [1.82, 2.24) is 0 Å². The van der Waals surface area contributed by atoms with Crippen LogP contribution >= 0.6 is 0 Å². The summed E-state index contributed by atoms with van der Waals surface area (Å²) in [7, 11) is -6.50. The Bertz CT molecular complexity index is 57.2. The molecule has 0 aromatic rings. The Morgan fingerprint density at radius 1 is 0.500 bits per heavy atom. The summed E-state index contributed by atoms with van der Waals surface area (Å²) in [6.07, 6.45) is 0. The summed E-state index contributed by atoms with van der Waals surface area (Å²) in [4.78, 5) is 0. The quantitative estimate of drug-likeness (QED) is 0.188. The maximum Gasteiger partial charge on any atom is 1.00 e. The zero-order valence-electron chi connectivity index (χ0n) is 9.76. The first kappa shape index (κ1) is 30.0. The third kappa shape index (κ3) is 430. The van der Waals surface area contributed by atoms with Crippen LogP contribution in [0, 0.1) is 0 Å². The third-order valence-electron chi connectivity index (χ3n) is 0. The van der Waals surface area contributed by atoms with Gasteiger partial charge in [-0.2, -0.15) is 0 Å². The molecule has 0 aromatic heterocycles. The predicted octanol–water partition coefficient (Wildman–Crippen LogP) is -11.9. The molecule has 0 unspecified atom stereocenters. The maximum absolute atomic E-state index is 7.17. The summed E-state index contributed by atoms with van der Waals surface area (Å²) >= 11 is 0. The molecule has 0 amide bonds. The van der Waals surface area contributed by atoms with Crippen LogP contribution in [0.5, 0.6) is 0 Å². The van der Waals surface area contributed by atoms with Crippen LogP contribution in [0.3, 0.4) is 0 Å². The molecule has 0 fully saturated rings. The molecule has 0 rings (SSSR count). The van der Waals surface area contributed by atoms with Gasteiger partial charge in [0.2, 0.25) is 0 Å². The molecule has 0 aliphatic rings. The Kier molecular flexibility index (Phi) is 52.7. The summed E-state index contributed by atoms with van der Waals surface area (Å²) in [6.45, 7) is 0. The van der Waals surface area contributed by atoms with Gasteiger partial charge >= 0.3 is 103 Å². The van der Waals surface area contributed by atoms with Gasteiger partial charge < -0.3 is 48.1 Å². The van der Waals surface area contributed by atoms with Crippen LogP contribution in [0.15, 0.2) is 0 Å². The molecule has 0 spiro atoms. The first-order valence-electron chi connectivity index (χ1n) is 2.32. The second-order valence-corrected chi connectivity index (χ2v) is 1.04. The van der Waals surface area contributed by atoms with E-state index in [2.05, 4.69) is 0 Å². The molecule has 0 saturated carbocycles. The molecule has 9 nitrogen and oxygen atoms in total. The minimum atomic E-state index is -2.17. The van der Waals surface area contributed by atoms with Gasteiger partial charge in [-0.1, -0.05) is 0 Å². The molecular weight excluding hydrogens is 239 g/mol. The molecule has 0 radical (unpaired) electrons. The zero-order chi connectivity index (χ0) is 10.7. The summed E-state index contributed by atoms with van der Waals surface area (Å²) in [5.74, 6) is 0. The van der Waals surface area contributed by atoms with Crippen molar-refractivity contribution in [3.05, 3.63) is 0 Å². The third-order valence-corrected chi connectivity index (χ3v) is 0. The smallest absolute Gasteiger partial charge is 1.00 e. The van der Waals surface area contributed by atoms with Gasteiger partial charge in [0.25, 0.3) is 0 Å². The van der Waals surface area contributed by atoms with E-state index >= 15 is 0 Å². The molecule has 0 bridgehead atoms. The van der Waals surface area contributed by atoms with Crippen molar-refractivity contribution in [2.24, 2.45) is 0 Å². The predicted molar refractivity (Wildman–Crippen MR) is 39.5 cm³/mol. The van der Waals surface area contributed by atoms with E-state index < -0.39 is 22.0 Å². The van der Waals surface area contributed by atoms with Gasteiger partial charge in [0.1, 0.15) is 0 Å². The first-order chi connectivity index (χ1) is 5.20. The average molecular weight is 250 g/mol. The Hall–Kier alpha value is 2.47. The van der Waals surface area contributed by atoms with E-state index in [-0.39, 0.29) is 83.8 Å². The van der Waals surface area contributed by atoms with Gasteiger partial charge in [0, 0.05) is 0 Å². The fraction of sp³-hybridized carbons (Fsp3) is 0. The van der Waals surface area contributed by atoms with Gasteiger partial charge in [0.15, 0.2) is 0 Å². The minimum Gasteiger partial charge on any atom is -1.00 e. The van der Waals surface area contributed by atoms with Crippen LogP contribution in [0.25, 0.3) is 0 Å². The van der Waals surface area contributed by atoms with Crippen molar-refractivity contribution >= 4 is 22.0 Å². The van der Waals surface area contributed by atoms with E-state index in [1.807, 2.05) is 0 Å². The standard InChI is InChI=1S/3BH3O3.K.Na.2H/c3*2-1(3)4;;;;/h3*2-4H;;;;/q;;;2*+1;2*-1. The normalized spacial score (nSPS) is 5.79. The molecule has 0 saturated heterocycles. The number of hydrogen-bond donors (Lipinski definition) is 9.